The number of thiazole rings is 1. The summed E-state index contributed by atoms with van der Waals surface area (Å²) in [4.78, 5) is 19.9. The number of carbonyl (C=O) groups excluding carboxylic acids is 1. The Labute approximate surface area is 153 Å². The van der Waals surface area contributed by atoms with Crippen LogP contribution in [0.25, 0.3) is 0 Å². The number of hydrazone groups is 1. The zero-order valence-corrected chi connectivity index (χ0v) is 14.4. The van der Waals surface area contributed by atoms with E-state index in [9.17, 15) is 4.79 Å². The molecule has 0 aliphatic carbocycles. The summed E-state index contributed by atoms with van der Waals surface area (Å²) in [6, 6.07) is 12.5. The molecule has 4 N–H and O–H groups in total. The summed E-state index contributed by atoms with van der Waals surface area (Å²) in [6.07, 6.45) is 3.25. The van der Waals surface area contributed by atoms with Gasteiger partial charge in [-0.2, -0.15) is 5.10 Å². The van der Waals surface area contributed by atoms with Crippen molar-refractivity contribution < 1.29 is 9.53 Å². The molecule has 1 aromatic carbocycles. The van der Waals surface area contributed by atoms with Crippen LogP contribution in [0.1, 0.15) is 5.56 Å². The first-order valence-electron chi connectivity index (χ1n) is 7.63. The molecule has 26 heavy (non-hydrogen) atoms. The van der Waals surface area contributed by atoms with Crippen LogP contribution in [0.5, 0.6) is 5.75 Å². The number of ether oxygens (including phenoxy) is 1. The minimum atomic E-state index is -0.277. The SMILES string of the molecule is Nc1csc(NN=Cc2ccc(OCC(=O)Nc3ccccn3)cc2)n1. The molecular weight excluding hydrogens is 352 g/mol. The van der Waals surface area contributed by atoms with E-state index >= 15 is 0 Å². The number of rotatable bonds is 7. The second-order valence-corrected chi connectivity index (χ2v) is 5.93. The maximum atomic E-state index is 11.8. The molecule has 0 saturated carbocycles. The van der Waals surface area contributed by atoms with Gasteiger partial charge in [0.15, 0.2) is 6.61 Å². The van der Waals surface area contributed by atoms with Crippen molar-refractivity contribution in [3.05, 3.63) is 59.6 Å². The molecule has 0 aliphatic heterocycles. The lowest BCUT2D eigenvalue weighted by Crippen LogP contribution is -2.20. The van der Waals surface area contributed by atoms with Crippen LogP contribution in [0.15, 0.2) is 59.1 Å². The van der Waals surface area contributed by atoms with Crippen molar-refractivity contribution in [1.82, 2.24) is 9.97 Å². The molecule has 0 saturated heterocycles. The van der Waals surface area contributed by atoms with E-state index in [2.05, 4.69) is 25.8 Å². The molecule has 0 radical (unpaired) electrons. The fraction of sp³-hybridized carbons (Fsp3) is 0.0588. The van der Waals surface area contributed by atoms with Gasteiger partial charge in [0.05, 0.1) is 6.21 Å². The number of pyridine rings is 1. The number of benzene rings is 1. The number of carbonyl (C=O) groups is 1. The highest BCUT2D eigenvalue weighted by molar-refractivity contribution is 7.14. The van der Waals surface area contributed by atoms with Gasteiger partial charge in [-0.3, -0.25) is 10.2 Å². The quantitative estimate of drug-likeness (QED) is 0.436. The van der Waals surface area contributed by atoms with E-state index in [1.807, 2.05) is 12.1 Å². The Balaban J connectivity index is 1.46. The number of nitrogens with two attached hydrogens (primary N) is 1. The van der Waals surface area contributed by atoms with Crippen LogP contribution in [0.3, 0.4) is 0 Å². The highest BCUT2D eigenvalue weighted by atomic mass is 32.1. The minimum absolute atomic E-state index is 0.100. The maximum Gasteiger partial charge on any atom is 0.263 e. The molecule has 9 heteroatoms. The highest BCUT2D eigenvalue weighted by Crippen LogP contribution is 2.16. The molecular formula is C17H16N6O2S. The predicted molar refractivity (Wildman–Crippen MR) is 103 cm³/mol. The third kappa shape index (κ3) is 5.28. The average molecular weight is 368 g/mol. The molecule has 3 rings (SSSR count). The fourth-order valence-electron chi connectivity index (χ4n) is 1.91. The van der Waals surface area contributed by atoms with Gasteiger partial charge in [-0.15, -0.1) is 11.3 Å². The van der Waals surface area contributed by atoms with E-state index in [0.717, 1.165) is 5.56 Å². The van der Waals surface area contributed by atoms with Crippen LogP contribution in [-0.4, -0.2) is 28.7 Å². The first kappa shape index (κ1) is 17.4. The topological polar surface area (TPSA) is 115 Å². The van der Waals surface area contributed by atoms with Crippen LogP contribution in [0.4, 0.5) is 16.8 Å². The lowest BCUT2D eigenvalue weighted by atomic mass is 10.2. The van der Waals surface area contributed by atoms with Gasteiger partial charge in [0.2, 0.25) is 5.13 Å². The van der Waals surface area contributed by atoms with Gasteiger partial charge in [-0.1, -0.05) is 6.07 Å². The van der Waals surface area contributed by atoms with Gasteiger partial charge in [0.25, 0.3) is 5.91 Å². The number of hydrogen-bond donors (Lipinski definition) is 3. The number of nitrogen functional groups attached to an aromatic ring is 1. The molecule has 3 aromatic rings. The molecule has 8 nitrogen and oxygen atoms in total. The van der Waals surface area contributed by atoms with Gasteiger partial charge in [0, 0.05) is 11.6 Å². The lowest BCUT2D eigenvalue weighted by Gasteiger charge is -2.07. The second-order valence-electron chi connectivity index (χ2n) is 5.07. The third-order valence-corrected chi connectivity index (χ3v) is 3.84. The van der Waals surface area contributed by atoms with Gasteiger partial charge in [-0.25, -0.2) is 9.97 Å². The van der Waals surface area contributed by atoms with E-state index in [1.165, 1.54) is 11.3 Å². The number of aromatic nitrogens is 2. The van der Waals surface area contributed by atoms with Crippen molar-refractivity contribution in [2.45, 2.75) is 0 Å². The first-order valence-corrected chi connectivity index (χ1v) is 8.51. The minimum Gasteiger partial charge on any atom is -0.484 e. The second kappa shape index (κ2) is 8.58. The van der Waals surface area contributed by atoms with Crippen molar-refractivity contribution in [3.8, 4) is 5.75 Å². The summed E-state index contributed by atoms with van der Waals surface area (Å²) in [6.45, 7) is -0.100. The zero-order chi connectivity index (χ0) is 18.2. The normalized spacial score (nSPS) is 10.6. The molecule has 0 unspecified atom stereocenters. The summed E-state index contributed by atoms with van der Waals surface area (Å²) in [5.41, 5.74) is 9.20. The number of nitrogens with one attached hydrogen (secondary N) is 2. The molecule has 2 heterocycles. The van der Waals surface area contributed by atoms with E-state index in [0.29, 0.717) is 22.5 Å². The Hall–Kier alpha value is -3.46. The molecule has 132 valence electrons. The van der Waals surface area contributed by atoms with Crippen molar-refractivity contribution in [3.63, 3.8) is 0 Å². The van der Waals surface area contributed by atoms with Gasteiger partial charge in [-0.05, 0) is 42.0 Å². The predicted octanol–water partition coefficient (Wildman–Crippen LogP) is 2.58. The zero-order valence-electron chi connectivity index (χ0n) is 13.6. The lowest BCUT2D eigenvalue weighted by molar-refractivity contribution is -0.118. The average Bonchev–Trinajstić information content (AvgIpc) is 3.07. The summed E-state index contributed by atoms with van der Waals surface area (Å²) < 4.78 is 5.45. The third-order valence-electron chi connectivity index (χ3n) is 3.08. The molecule has 0 spiro atoms. The van der Waals surface area contributed by atoms with Gasteiger partial charge in [0.1, 0.15) is 17.4 Å². The molecule has 0 aliphatic rings. The summed E-state index contributed by atoms with van der Waals surface area (Å²) in [7, 11) is 0. The fourth-order valence-corrected chi connectivity index (χ4v) is 2.46. The molecule has 2 aromatic heterocycles. The van der Waals surface area contributed by atoms with Crippen molar-refractivity contribution in [1.29, 1.82) is 0 Å². The van der Waals surface area contributed by atoms with Crippen LogP contribution in [0, 0.1) is 0 Å². The Morgan fingerprint density at radius 1 is 1.27 bits per heavy atom. The van der Waals surface area contributed by atoms with E-state index in [-0.39, 0.29) is 12.5 Å². The Morgan fingerprint density at radius 2 is 2.12 bits per heavy atom. The van der Waals surface area contributed by atoms with Crippen molar-refractivity contribution >= 4 is 40.2 Å². The molecule has 1 amide bonds. The van der Waals surface area contributed by atoms with Crippen LogP contribution in [-0.2, 0) is 4.79 Å². The number of hydrogen-bond acceptors (Lipinski definition) is 8. The number of nitrogens with zero attached hydrogens (tertiary/aromatic N) is 3. The summed E-state index contributed by atoms with van der Waals surface area (Å²) in [5, 5.41) is 9.08. The Kier molecular flexibility index (Phi) is 5.73. The number of amides is 1. The smallest absolute Gasteiger partial charge is 0.263 e. The maximum absolute atomic E-state index is 11.8. The van der Waals surface area contributed by atoms with Crippen LogP contribution in [0.2, 0.25) is 0 Å². The summed E-state index contributed by atoms with van der Waals surface area (Å²) >= 11 is 1.37. The molecule has 0 atom stereocenters. The number of anilines is 3. The monoisotopic (exact) mass is 368 g/mol. The molecule has 0 fully saturated rings. The molecule has 0 bridgehead atoms. The largest absolute Gasteiger partial charge is 0.484 e. The van der Waals surface area contributed by atoms with Crippen LogP contribution >= 0.6 is 11.3 Å². The highest BCUT2D eigenvalue weighted by Gasteiger charge is 2.04. The van der Waals surface area contributed by atoms with Crippen molar-refractivity contribution in [2.75, 3.05) is 23.1 Å². The first-order chi connectivity index (χ1) is 12.7. The van der Waals surface area contributed by atoms with Gasteiger partial charge < -0.3 is 15.8 Å². The summed E-state index contributed by atoms with van der Waals surface area (Å²) in [5.74, 6) is 1.25. The van der Waals surface area contributed by atoms with Gasteiger partial charge >= 0.3 is 0 Å². The van der Waals surface area contributed by atoms with E-state index < -0.39 is 0 Å². The Bertz CT molecular complexity index is 880. The van der Waals surface area contributed by atoms with E-state index in [4.69, 9.17) is 10.5 Å². The van der Waals surface area contributed by atoms with Crippen LogP contribution < -0.4 is 21.2 Å². The van der Waals surface area contributed by atoms with E-state index in [1.54, 1.807) is 48.1 Å². The standard InChI is InChI=1S/C17H16N6O2S/c18-14-11-26-17(21-14)23-20-9-12-4-6-13(7-5-12)25-10-16(24)22-15-3-1-2-8-19-15/h1-9,11H,10,18H2,(H,21,23)(H,19,22,24). The Morgan fingerprint density at radius 3 is 2.81 bits per heavy atom. The van der Waals surface area contributed by atoms with Crippen molar-refractivity contribution in [2.24, 2.45) is 5.10 Å².